The molecule has 2 rings (SSSR count). The molecule has 1 aliphatic rings. The second kappa shape index (κ2) is 8.15. The minimum Gasteiger partial charge on any atom is -0.388 e. The average Bonchev–Trinajstić information content (AvgIpc) is 3.13. The van der Waals surface area contributed by atoms with Crippen molar-refractivity contribution in [2.45, 2.75) is 51.7 Å². The summed E-state index contributed by atoms with van der Waals surface area (Å²) in [5.41, 5.74) is 0.139. The number of nitrogens with one attached hydrogen (secondary N) is 2. The van der Waals surface area contributed by atoms with Crippen molar-refractivity contribution in [3.8, 4) is 0 Å². The van der Waals surface area contributed by atoms with E-state index in [1.165, 1.54) is 12.8 Å². The van der Waals surface area contributed by atoms with Crippen molar-refractivity contribution >= 4 is 11.8 Å². The summed E-state index contributed by atoms with van der Waals surface area (Å²) in [6.07, 6.45) is 5.50. The predicted molar refractivity (Wildman–Crippen MR) is 91.5 cm³/mol. The number of hydrogen-bond acceptors (Lipinski definition) is 4. The van der Waals surface area contributed by atoms with Gasteiger partial charge in [0, 0.05) is 32.4 Å². The van der Waals surface area contributed by atoms with E-state index < -0.39 is 5.60 Å². The molecule has 0 spiro atoms. The van der Waals surface area contributed by atoms with Crippen molar-refractivity contribution < 1.29 is 9.90 Å². The Hall–Kier alpha value is -1.82. The maximum absolute atomic E-state index is 11.8. The summed E-state index contributed by atoms with van der Waals surface area (Å²) in [6, 6.07) is 3.73. The Bertz CT molecular complexity index is 494. The Morgan fingerprint density at radius 1 is 1.26 bits per heavy atom. The molecular weight excluding hydrogens is 292 g/mol. The number of pyridine rings is 1. The van der Waals surface area contributed by atoms with Gasteiger partial charge in [0.2, 0.25) is 0 Å². The number of amides is 2. The van der Waals surface area contributed by atoms with Gasteiger partial charge in [0.25, 0.3) is 0 Å². The number of carbonyl (C=O) groups excluding carboxylic acids is 1. The van der Waals surface area contributed by atoms with Gasteiger partial charge in [-0.15, -0.1) is 0 Å². The lowest BCUT2D eigenvalue weighted by Crippen LogP contribution is -2.45. The highest BCUT2D eigenvalue weighted by molar-refractivity contribution is 5.73. The zero-order valence-electron chi connectivity index (χ0n) is 14.1. The fraction of sp³-hybridized carbons (Fsp3) is 0.647. The molecule has 0 bridgehead atoms. The molecule has 6 heteroatoms. The van der Waals surface area contributed by atoms with Crippen LogP contribution in [0.2, 0.25) is 0 Å². The van der Waals surface area contributed by atoms with Crippen LogP contribution < -0.4 is 15.5 Å². The molecule has 0 radical (unpaired) electrons. The van der Waals surface area contributed by atoms with Gasteiger partial charge < -0.3 is 20.6 Å². The van der Waals surface area contributed by atoms with Crippen molar-refractivity contribution in [1.29, 1.82) is 0 Å². The lowest BCUT2D eigenvalue weighted by atomic mass is 9.98. The number of urea groups is 1. The van der Waals surface area contributed by atoms with E-state index in [4.69, 9.17) is 0 Å². The molecule has 0 aromatic carbocycles. The third-order valence-electron chi connectivity index (χ3n) is 4.59. The van der Waals surface area contributed by atoms with Crippen molar-refractivity contribution in [3.05, 3.63) is 23.9 Å². The largest absolute Gasteiger partial charge is 0.388 e. The molecule has 0 aliphatic carbocycles. The van der Waals surface area contributed by atoms with E-state index in [-0.39, 0.29) is 12.6 Å². The maximum Gasteiger partial charge on any atom is 0.315 e. The molecule has 1 aliphatic heterocycles. The van der Waals surface area contributed by atoms with Crippen molar-refractivity contribution in [1.82, 2.24) is 15.6 Å². The molecule has 0 atom stereocenters. The van der Waals surface area contributed by atoms with Crippen LogP contribution in [0.4, 0.5) is 10.6 Å². The van der Waals surface area contributed by atoms with Gasteiger partial charge in [-0.1, -0.05) is 19.9 Å². The zero-order valence-corrected chi connectivity index (χ0v) is 14.1. The second-order valence-corrected chi connectivity index (χ2v) is 6.19. The standard InChI is InChI=1S/C17H28N4O2/c1-3-17(23,4-2)13-20-16(22)19-12-14-7-8-15(18-11-14)21-9-5-6-10-21/h7-8,11,23H,3-6,9-10,12-13H2,1-2H3,(H2,19,20,22). The number of aromatic nitrogens is 1. The first-order valence-electron chi connectivity index (χ1n) is 8.50. The minimum atomic E-state index is -0.823. The van der Waals surface area contributed by atoms with Crippen LogP contribution in [-0.4, -0.2) is 41.4 Å². The van der Waals surface area contributed by atoms with Crippen molar-refractivity contribution in [2.24, 2.45) is 0 Å². The van der Waals surface area contributed by atoms with Gasteiger partial charge in [-0.3, -0.25) is 0 Å². The van der Waals surface area contributed by atoms with Crippen LogP contribution in [0, 0.1) is 0 Å². The number of anilines is 1. The van der Waals surface area contributed by atoms with Crippen LogP contribution in [0.3, 0.4) is 0 Å². The first kappa shape index (κ1) is 17.5. The molecule has 2 amide bonds. The van der Waals surface area contributed by atoms with Gasteiger partial charge in [0.15, 0.2) is 0 Å². The lowest BCUT2D eigenvalue weighted by molar-refractivity contribution is 0.0349. The van der Waals surface area contributed by atoms with E-state index in [9.17, 15) is 9.90 Å². The molecule has 0 unspecified atom stereocenters. The quantitative estimate of drug-likeness (QED) is 0.718. The highest BCUT2D eigenvalue weighted by Crippen LogP contribution is 2.17. The molecule has 3 N–H and O–H groups in total. The number of rotatable bonds is 7. The zero-order chi connectivity index (χ0) is 16.7. The summed E-state index contributed by atoms with van der Waals surface area (Å²) in [5.74, 6) is 1.01. The van der Waals surface area contributed by atoms with Gasteiger partial charge in [-0.25, -0.2) is 9.78 Å². The average molecular weight is 320 g/mol. The molecule has 23 heavy (non-hydrogen) atoms. The first-order chi connectivity index (χ1) is 11.1. The summed E-state index contributed by atoms with van der Waals surface area (Å²) in [4.78, 5) is 18.6. The Morgan fingerprint density at radius 3 is 2.52 bits per heavy atom. The van der Waals surface area contributed by atoms with E-state index >= 15 is 0 Å². The summed E-state index contributed by atoms with van der Waals surface area (Å²) in [7, 11) is 0. The van der Waals surface area contributed by atoms with Gasteiger partial charge in [-0.05, 0) is 37.3 Å². The van der Waals surface area contributed by atoms with E-state index in [0.717, 1.165) is 24.5 Å². The van der Waals surface area contributed by atoms with Gasteiger partial charge in [-0.2, -0.15) is 0 Å². The Labute approximate surface area is 138 Å². The minimum absolute atomic E-state index is 0.262. The summed E-state index contributed by atoms with van der Waals surface area (Å²) >= 11 is 0. The molecular formula is C17H28N4O2. The third-order valence-corrected chi connectivity index (χ3v) is 4.59. The van der Waals surface area contributed by atoms with Gasteiger partial charge in [0.1, 0.15) is 5.82 Å². The summed E-state index contributed by atoms with van der Waals surface area (Å²) in [6.45, 7) is 6.66. The molecule has 1 saturated heterocycles. The molecule has 1 aromatic rings. The molecule has 128 valence electrons. The fourth-order valence-electron chi connectivity index (χ4n) is 2.64. The molecule has 1 fully saturated rings. The third kappa shape index (κ3) is 5.10. The van der Waals surface area contributed by atoms with Crippen LogP contribution in [0.1, 0.15) is 45.1 Å². The SMILES string of the molecule is CCC(O)(CC)CNC(=O)NCc1ccc(N2CCCC2)nc1. The number of nitrogens with zero attached hydrogens (tertiary/aromatic N) is 2. The summed E-state index contributed by atoms with van der Waals surface area (Å²) < 4.78 is 0. The monoisotopic (exact) mass is 320 g/mol. The van der Waals surface area contributed by atoms with Crippen LogP contribution in [0.15, 0.2) is 18.3 Å². The van der Waals surface area contributed by atoms with E-state index in [2.05, 4.69) is 20.5 Å². The van der Waals surface area contributed by atoms with Gasteiger partial charge in [0.05, 0.1) is 5.60 Å². The first-order valence-corrected chi connectivity index (χ1v) is 8.50. The fourth-order valence-corrected chi connectivity index (χ4v) is 2.64. The van der Waals surface area contributed by atoms with Crippen molar-refractivity contribution in [3.63, 3.8) is 0 Å². The van der Waals surface area contributed by atoms with E-state index in [1.807, 2.05) is 32.2 Å². The predicted octanol–water partition coefficient (Wildman–Crippen LogP) is 2.03. The van der Waals surface area contributed by atoms with E-state index in [1.54, 1.807) is 0 Å². The second-order valence-electron chi connectivity index (χ2n) is 6.19. The highest BCUT2D eigenvalue weighted by Gasteiger charge is 2.22. The molecule has 1 aromatic heterocycles. The molecule has 6 nitrogen and oxygen atoms in total. The highest BCUT2D eigenvalue weighted by atomic mass is 16.3. The van der Waals surface area contributed by atoms with Crippen molar-refractivity contribution in [2.75, 3.05) is 24.5 Å². The Morgan fingerprint density at radius 2 is 1.96 bits per heavy atom. The number of aliphatic hydroxyl groups is 1. The normalized spacial score (nSPS) is 14.8. The maximum atomic E-state index is 11.8. The molecule has 0 saturated carbocycles. The summed E-state index contributed by atoms with van der Waals surface area (Å²) in [5, 5.41) is 15.7. The lowest BCUT2D eigenvalue weighted by Gasteiger charge is -2.25. The number of carbonyl (C=O) groups is 1. The van der Waals surface area contributed by atoms with Crippen LogP contribution in [0.5, 0.6) is 0 Å². The van der Waals surface area contributed by atoms with Crippen LogP contribution in [0.25, 0.3) is 0 Å². The molecule has 2 heterocycles. The topological polar surface area (TPSA) is 77.5 Å². The van der Waals surface area contributed by atoms with Gasteiger partial charge >= 0.3 is 6.03 Å². The Kier molecular flexibility index (Phi) is 6.21. The van der Waals surface area contributed by atoms with Crippen LogP contribution >= 0.6 is 0 Å². The Balaban J connectivity index is 1.75. The smallest absolute Gasteiger partial charge is 0.315 e. The number of hydrogen-bond donors (Lipinski definition) is 3. The van der Waals surface area contributed by atoms with Crippen LogP contribution in [-0.2, 0) is 6.54 Å². The van der Waals surface area contributed by atoms with E-state index in [0.29, 0.717) is 19.4 Å².